The Hall–Kier alpha value is -2.82. The van der Waals surface area contributed by atoms with Crippen molar-refractivity contribution in [3.05, 3.63) is 53.9 Å². The Labute approximate surface area is 166 Å². The van der Waals surface area contributed by atoms with Crippen molar-refractivity contribution in [2.75, 3.05) is 23.3 Å². The third-order valence-electron chi connectivity index (χ3n) is 5.83. The van der Waals surface area contributed by atoms with Gasteiger partial charge in [-0.3, -0.25) is 4.79 Å². The average molecular weight is 377 g/mol. The molecule has 1 unspecified atom stereocenters. The van der Waals surface area contributed by atoms with Crippen LogP contribution in [-0.4, -0.2) is 28.5 Å². The molecule has 1 aromatic heterocycles. The van der Waals surface area contributed by atoms with Crippen LogP contribution < -0.4 is 10.2 Å². The van der Waals surface area contributed by atoms with Crippen LogP contribution in [0.2, 0.25) is 0 Å². The lowest BCUT2D eigenvalue weighted by atomic mass is 9.96. The summed E-state index contributed by atoms with van der Waals surface area (Å²) >= 11 is 0. The summed E-state index contributed by atoms with van der Waals surface area (Å²) in [4.78, 5) is 20.0. The molecule has 1 atom stereocenters. The topological polar surface area (TPSA) is 50.2 Å². The summed E-state index contributed by atoms with van der Waals surface area (Å²) in [5.74, 6) is 1.07. The number of carbonyl (C=O) groups is 1. The van der Waals surface area contributed by atoms with E-state index in [1.807, 2.05) is 24.3 Å². The highest BCUT2D eigenvalue weighted by molar-refractivity contribution is 5.94. The predicted molar refractivity (Wildman–Crippen MR) is 115 cm³/mol. The van der Waals surface area contributed by atoms with E-state index in [9.17, 15) is 4.79 Å². The lowest BCUT2D eigenvalue weighted by molar-refractivity contribution is -0.120. The minimum atomic E-state index is -0.0360. The first kappa shape index (κ1) is 18.5. The number of rotatable bonds is 5. The van der Waals surface area contributed by atoms with E-state index in [1.165, 1.54) is 11.2 Å². The zero-order chi connectivity index (χ0) is 19.7. The van der Waals surface area contributed by atoms with Gasteiger partial charge in [-0.15, -0.1) is 0 Å². The van der Waals surface area contributed by atoms with Crippen molar-refractivity contribution in [2.24, 2.45) is 5.92 Å². The molecule has 0 fully saturated rings. The average Bonchev–Trinajstić information content (AvgIpc) is 3.08. The zero-order valence-corrected chi connectivity index (χ0v) is 16.9. The van der Waals surface area contributed by atoms with E-state index in [4.69, 9.17) is 4.98 Å². The normalized spacial score (nSPS) is 16.0. The van der Waals surface area contributed by atoms with Gasteiger partial charge in [-0.2, -0.15) is 0 Å². The number of para-hydroxylation sites is 2. The van der Waals surface area contributed by atoms with E-state index in [0.717, 1.165) is 48.6 Å². The number of carbonyl (C=O) groups excluding carboxylic acids is 1. The van der Waals surface area contributed by atoms with Gasteiger partial charge in [0.25, 0.3) is 0 Å². The van der Waals surface area contributed by atoms with Crippen LogP contribution in [0.5, 0.6) is 0 Å². The fraction of sp³-hybridized carbons (Fsp3) is 0.391. The molecular weight excluding hydrogens is 348 g/mol. The molecule has 1 amide bonds. The molecule has 3 aromatic rings. The molecule has 146 valence electrons. The second-order valence-corrected chi connectivity index (χ2v) is 7.52. The Balaban J connectivity index is 1.48. The van der Waals surface area contributed by atoms with Gasteiger partial charge in [0.15, 0.2) is 0 Å². The third kappa shape index (κ3) is 3.37. The summed E-state index contributed by atoms with van der Waals surface area (Å²) in [6, 6.07) is 14.5. The highest BCUT2D eigenvalue weighted by Crippen LogP contribution is 2.28. The third-order valence-corrected chi connectivity index (χ3v) is 5.83. The fourth-order valence-corrected chi connectivity index (χ4v) is 4.17. The zero-order valence-electron chi connectivity index (χ0n) is 16.9. The number of aromatic nitrogens is 2. The molecule has 1 aliphatic rings. The molecule has 0 spiro atoms. The van der Waals surface area contributed by atoms with Crippen LogP contribution in [0.1, 0.15) is 31.7 Å². The lowest BCUT2D eigenvalue weighted by Crippen LogP contribution is -2.30. The highest BCUT2D eigenvalue weighted by Gasteiger charge is 2.27. The molecule has 5 heteroatoms. The molecule has 1 N–H and O–H groups in total. The number of aryl methyl sites for hydroxylation is 2. The Morgan fingerprint density at radius 2 is 2.00 bits per heavy atom. The van der Waals surface area contributed by atoms with Gasteiger partial charge >= 0.3 is 0 Å². The van der Waals surface area contributed by atoms with Crippen LogP contribution in [0.25, 0.3) is 11.0 Å². The number of anilines is 2. The Morgan fingerprint density at radius 3 is 2.75 bits per heavy atom. The Kier molecular flexibility index (Phi) is 5.07. The van der Waals surface area contributed by atoms with Gasteiger partial charge in [-0.05, 0) is 63.1 Å². The quantitative estimate of drug-likeness (QED) is 0.718. The van der Waals surface area contributed by atoms with E-state index in [0.29, 0.717) is 6.42 Å². The molecular formula is C23H28N4O. The summed E-state index contributed by atoms with van der Waals surface area (Å²) in [5, 5.41) is 3.15. The molecule has 5 nitrogen and oxygen atoms in total. The number of hydrogen-bond donors (Lipinski definition) is 1. The molecule has 0 radical (unpaired) electrons. The number of benzene rings is 2. The van der Waals surface area contributed by atoms with Gasteiger partial charge in [0.1, 0.15) is 5.82 Å². The molecule has 0 saturated carbocycles. The maximum Gasteiger partial charge on any atom is 0.228 e. The van der Waals surface area contributed by atoms with Crippen LogP contribution in [0.4, 0.5) is 11.4 Å². The van der Waals surface area contributed by atoms with E-state index >= 15 is 0 Å². The molecule has 4 rings (SSSR count). The second kappa shape index (κ2) is 7.66. The number of amides is 1. The fourth-order valence-electron chi connectivity index (χ4n) is 4.17. The number of hydrogen-bond acceptors (Lipinski definition) is 3. The van der Waals surface area contributed by atoms with E-state index in [2.05, 4.69) is 53.8 Å². The van der Waals surface area contributed by atoms with Gasteiger partial charge in [0.2, 0.25) is 5.91 Å². The van der Waals surface area contributed by atoms with E-state index in [-0.39, 0.29) is 11.8 Å². The van der Waals surface area contributed by atoms with Crippen molar-refractivity contribution in [2.45, 2.75) is 40.2 Å². The van der Waals surface area contributed by atoms with Gasteiger partial charge in [-0.1, -0.05) is 12.1 Å². The Bertz CT molecular complexity index is 1000. The van der Waals surface area contributed by atoms with Gasteiger partial charge in [0, 0.05) is 43.3 Å². The molecule has 0 aliphatic carbocycles. The molecule has 0 bridgehead atoms. The molecule has 2 heterocycles. The number of nitrogens with one attached hydrogen (secondary N) is 1. The molecule has 2 aromatic carbocycles. The first-order chi connectivity index (χ1) is 13.6. The van der Waals surface area contributed by atoms with E-state index in [1.54, 1.807) is 0 Å². The van der Waals surface area contributed by atoms with Crippen LogP contribution in [0, 0.1) is 12.8 Å². The smallest absolute Gasteiger partial charge is 0.228 e. The van der Waals surface area contributed by atoms with Crippen molar-refractivity contribution in [1.29, 1.82) is 0 Å². The maximum absolute atomic E-state index is 12.9. The first-order valence-electron chi connectivity index (χ1n) is 10.2. The van der Waals surface area contributed by atoms with Gasteiger partial charge in [-0.25, -0.2) is 4.98 Å². The monoisotopic (exact) mass is 376 g/mol. The summed E-state index contributed by atoms with van der Waals surface area (Å²) < 4.78 is 2.25. The molecule has 1 aliphatic heterocycles. The van der Waals surface area contributed by atoms with Gasteiger partial charge < -0.3 is 14.8 Å². The highest BCUT2D eigenvalue weighted by atomic mass is 16.1. The van der Waals surface area contributed by atoms with E-state index < -0.39 is 0 Å². The first-order valence-corrected chi connectivity index (χ1v) is 10.2. The van der Waals surface area contributed by atoms with Crippen LogP contribution in [0.3, 0.4) is 0 Å². The number of imidazole rings is 1. The van der Waals surface area contributed by atoms with Crippen LogP contribution in [-0.2, 0) is 17.8 Å². The SMILES string of the molecule is CCN(CC)c1ccc(NC(=O)C2CCn3c(nc4ccccc43)C2)c(C)c1. The van der Waals surface area contributed by atoms with Crippen molar-refractivity contribution in [1.82, 2.24) is 9.55 Å². The van der Waals surface area contributed by atoms with Crippen LogP contribution >= 0.6 is 0 Å². The summed E-state index contributed by atoms with van der Waals surface area (Å²) in [6.07, 6.45) is 1.53. The summed E-state index contributed by atoms with van der Waals surface area (Å²) in [5.41, 5.74) is 5.38. The van der Waals surface area contributed by atoms with Crippen molar-refractivity contribution in [3.63, 3.8) is 0 Å². The summed E-state index contributed by atoms with van der Waals surface area (Å²) in [7, 11) is 0. The van der Waals surface area contributed by atoms with Crippen LogP contribution in [0.15, 0.2) is 42.5 Å². The minimum Gasteiger partial charge on any atom is -0.372 e. The molecule has 28 heavy (non-hydrogen) atoms. The predicted octanol–water partition coefficient (Wildman–Crippen LogP) is 4.39. The minimum absolute atomic E-state index is 0.0360. The number of fused-ring (bicyclic) bond motifs is 3. The molecule has 0 saturated heterocycles. The van der Waals surface area contributed by atoms with Crippen molar-refractivity contribution >= 4 is 28.3 Å². The van der Waals surface area contributed by atoms with Gasteiger partial charge in [0.05, 0.1) is 11.0 Å². The van der Waals surface area contributed by atoms with Crippen molar-refractivity contribution < 1.29 is 4.79 Å². The largest absolute Gasteiger partial charge is 0.372 e. The number of nitrogens with zero attached hydrogens (tertiary/aromatic N) is 3. The lowest BCUT2D eigenvalue weighted by Gasteiger charge is -2.24. The van der Waals surface area contributed by atoms with Crippen molar-refractivity contribution in [3.8, 4) is 0 Å². The Morgan fingerprint density at radius 1 is 1.21 bits per heavy atom. The summed E-state index contributed by atoms with van der Waals surface area (Å²) in [6.45, 7) is 9.17. The maximum atomic E-state index is 12.9. The standard InChI is InChI=1S/C23H28N4O/c1-4-26(5-2)18-10-11-19(16(3)14-18)25-23(28)17-12-13-27-21-9-7-6-8-20(21)24-22(27)15-17/h6-11,14,17H,4-5,12-13,15H2,1-3H3,(H,25,28). The second-order valence-electron chi connectivity index (χ2n) is 7.52.